The Morgan fingerprint density at radius 3 is 2.63 bits per heavy atom. The van der Waals surface area contributed by atoms with Gasteiger partial charge in [0.25, 0.3) is 0 Å². The Morgan fingerprint density at radius 1 is 1.17 bits per heavy atom. The van der Waals surface area contributed by atoms with E-state index in [1.54, 1.807) is 12.1 Å². The molecule has 11 nitrogen and oxygen atoms in total. The topological polar surface area (TPSA) is 119 Å². The van der Waals surface area contributed by atoms with Gasteiger partial charge >= 0.3 is 12.1 Å². The maximum atomic E-state index is 15.1. The van der Waals surface area contributed by atoms with Crippen molar-refractivity contribution in [2.45, 2.75) is 19.6 Å². The molecule has 1 aromatic heterocycles. The highest BCUT2D eigenvalue weighted by atomic mass is 19.1. The van der Waals surface area contributed by atoms with Crippen LogP contribution in [0.2, 0.25) is 0 Å². The lowest BCUT2D eigenvalue weighted by atomic mass is 10.2. The first kappa shape index (κ1) is 24.3. The molecule has 1 aromatic carbocycles. The molecule has 0 bridgehead atoms. The Bertz CT molecular complexity index is 1060. The van der Waals surface area contributed by atoms with Crippen molar-refractivity contribution in [3.8, 4) is 0 Å². The van der Waals surface area contributed by atoms with E-state index in [1.807, 2.05) is 0 Å². The summed E-state index contributed by atoms with van der Waals surface area (Å²) in [4.78, 5) is 38.3. The van der Waals surface area contributed by atoms with Crippen LogP contribution in [0, 0.1) is 11.6 Å². The predicted octanol–water partition coefficient (Wildman–Crippen LogP) is 1.56. The van der Waals surface area contributed by atoms with E-state index >= 15 is 8.78 Å². The number of benzene rings is 1. The zero-order valence-corrected chi connectivity index (χ0v) is 19.1. The van der Waals surface area contributed by atoms with Crippen LogP contribution in [0.1, 0.15) is 12.7 Å². The van der Waals surface area contributed by atoms with Crippen molar-refractivity contribution in [3.63, 3.8) is 0 Å². The first-order valence-electron chi connectivity index (χ1n) is 11.1. The van der Waals surface area contributed by atoms with E-state index in [9.17, 15) is 14.4 Å². The molecule has 0 aliphatic carbocycles. The number of amides is 4. The molecule has 0 saturated carbocycles. The molecule has 0 spiro atoms. The van der Waals surface area contributed by atoms with Crippen molar-refractivity contribution in [1.29, 1.82) is 0 Å². The molecule has 4 amide bonds. The van der Waals surface area contributed by atoms with Gasteiger partial charge in [-0.2, -0.15) is 0 Å². The van der Waals surface area contributed by atoms with Gasteiger partial charge in [-0.3, -0.25) is 14.7 Å². The van der Waals surface area contributed by atoms with Gasteiger partial charge in [-0.1, -0.05) is 0 Å². The van der Waals surface area contributed by atoms with Crippen LogP contribution in [-0.2, 0) is 16.1 Å². The molecular weight excluding hydrogens is 466 g/mol. The Hall–Kier alpha value is -3.87. The van der Waals surface area contributed by atoms with E-state index in [1.165, 1.54) is 23.1 Å². The third kappa shape index (κ3) is 5.80. The quantitative estimate of drug-likeness (QED) is 0.560. The molecule has 0 unspecified atom stereocenters. The maximum absolute atomic E-state index is 15.1. The average Bonchev–Trinajstić information content (AvgIpc) is 3.39. The summed E-state index contributed by atoms with van der Waals surface area (Å²) in [6, 6.07) is 5.22. The Labute approximate surface area is 199 Å². The number of nitrogens with one attached hydrogen (secondary N) is 3. The second-order valence-corrected chi connectivity index (χ2v) is 8.10. The lowest BCUT2D eigenvalue weighted by molar-refractivity contribution is -0.119. The number of halogens is 2. The number of nitrogens with zero attached hydrogens (tertiary/aromatic N) is 3. The Morgan fingerprint density at radius 2 is 1.94 bits per heavy atom. The van der Waals surface area contributed by atoms with Crippen LogP contribution in [0.15, 0.2) is 34.9 Å². The summed E-state index contributed by atoms with van der Waals surface area (Å²) in [6.45, 7) is 2.58. The number of hydrazine groups is 1. The number of hydrogen-bond donors (Lipinski definition) is 3. The summed E-state index contributed by atoms with van der Waals surface area (Å²) in [7, 11) is 0. The van der Waals surface area contributed by atoms with Gasteiger partial charge in [-0.05, 0) is 12.1 Å². The molecule has 188 valence electrons. The largest absolute Gasteiger partial charge is 0.467 e. The normalized spacial score (nSPS) is 18.3. The SMILES string of the molecule is CC(=O)NC[C@H]1CN(c2cc(F)c(N3CCNN(C(=O)NCc4ccco4)CC3)c(F)c2)C(=O)O1. The van der Waals surface area contributed by atoms with Gasteiger partial charge in [-0.15, -0.1) is 0 Å². The molecule has 4 rings (SSSR count). The summed E-state index contributed by atoms with van der Waals surface area (Å²) >= 11 is 0. The smallest absolute Gasteiger partial charge is 0.414 e. The second kappa shape index (κ2) is 10.6. The number of carbonyl (C=O) groups is 3. The molecule has 1 atom stereocenters. The third-order valence-electron chi connectivity index (χ3n) is 5.60. The van der Waals surface area contributed by atoms with Gasteiger partial charge in [0.05, 0.1) is 38.1 Å². The zero-order chi connectivity index (χ0) is 24.9. The summed E-state index contributed by atoms with van der Waals surface area (Å²) in [6.07, 6.45) is 0.134. The first-order chi connectivity index (χ1) is 16.8. The molecule has 2 aliphatic heterocycles. The van der Waals surface area contributed by atoms with E-state index in [0.717, 1.165) is 17.0 Å². The maximum Gasteiger partial charge on any atom is 0.414 e. The summed E-state index contributed by atoms with van der Waals surface area (Å²) in [5.74, 6) is -1.36. The van der Waals surface area contributed by atoms with Crippen molar-refractivity contribution < 1.29 is 32.3 Å². The fraction of sp³-hybridized carbons (Fsp3) is 0.409. The number of furan rings is 1. The van der Waals surface area contributed by atoms with Crippen LogP contribution < -0.4 is 25.9 Å². The third-order valence-corrected chi connectivity index (χ3v) is 5.60. The minimum atomic E-state index is -0.839. The molecule has 2 aliphatic rings. The van der Waals surface area contributed by atoms with E-state index in [0.29, 0.717) is 5.76 Å². The Kier molecular flexibility index (Phi) is 7.34. The van der Waals surface area contributed by atoms with Crippen LogP contribution in [0.3, 0.4) is 0 Å². The first-order valence-corrected chi connectivity index (χ1v) is 11.1. The van der Waals surface area contributed by atoms with E-state index in [4.69, 9.17) is 9.15 Å². The van der Waals surface area contributed by atoms with Gasteiger partial charge in [0.15, 0.2) is 11.6 Å². The molecule has 13 heteroatoms. The van der Waals surface area contributed by atoms with E-state index < -0.39 is 23.8 Å². The average molecular weight is 492 g/mol. The van der Waals surface area contributed by atoms with Crippen LogP contribution >= 0.6 is 0 Å². The lowest BCUT2D eigenvalue weighted by Crippen LogP contribution is -2.48. The van der Waals surface area contributed by atoms with Crippen LogP contribution in [0.4, 0.5) is 29.7 Å². The van der Waals surface area contributed by atoms with Crippen molar-refractivity contribution in [2.24, 2.45) is 0 Å². The van der Waals surface area contributed by atoms with E-state index in [2.05, 4.69) is 16.1 Å². The standard InChI is InChI=1S/C22H26F2N6O5/c1-14(31)25-12-17-13-29(22(33)35-17)15-9-18(23)20(19(24)10-15)28-5-4-27-30(7-6-28)21(32)26-11-16-3-2-8-34-16/h2-3,8-10,17,27H,4-7,11-13H2,1H3,(H,25,31)(H,26,32)/t17-/m0/s1. The van der Waals surface area contributed by atoms with E-state index in [-0.39, 0.29) is 69.1 Å². The van der Waals surface area contributed by atoms with Crippen molar-refractivity contribution in [2.75, 3.05) is 49.1 Å². The number of urea groups is 1. The number of anilines is 2. The number of carbonyl (C=O) groups excluding carboxylic acids is 3. The van der Waals surface area contributed by atoms with Gasteiger partial charge < -0.3 is 24.7 Å². The fourth-order valence-corrected chi connectivity index (χ4v) is 3.91. The predicted molar refractivity (Wildman–Crippen MR) is 121 cm³/mol. The highest BCUT2D eigenvalue weighted by Gasteiger charge is 2.34. The van der Waals surface area contributed by atoms with Crippen molar-refractivity contribution in [1.82, 2.24) is 21.1 Å². The minimum absolute atomic E-state index is 0.0194. The molecule has 2 saturated heterocycles. The fourth-order valence-electron chi connectivity index (χ4n) is 3.91. The van der Waals surface area contributed by atoms with Gasteiger partial charge in [-0.25, -0.2) is 23.8 Å². The lowest BCUT2D eigenvalue weighted by Gasteiger charge is -2.25. The molecule has 3 heterocycles. The summed E-state index contributed by atoms with van der Waals surface area (Å²) < 4.78 is 40.4. The number of ether oxygens (including phenoxy) is 1. The van der Waals surface area contributed by atoms with Gasteiger partial charge in [0.2, 0.25) is 5.91 Å². The summed E-state index contributed by atoms with van der Waals surface area (Å²) in [5, 5.41) is 6.61. The number of rotatable bonds is 6. The second-order valence-electron chi connectivity index (χ2n) is 8.10. The molecular formula is C22H26F2N6O5. The Balaban J connectivity index is 1.39. The van der Waals surface area contributed by atoms with Crippen LogP contribution in [-0.4, -0.2) is 68.4 Å². The highest BCUT2D eigenvalue weighted by molar-refractivity contribution is 5.90. The number of cyclic esters (lactones) is 1. The molecule has 0 radical (unpaired) electrons. The van der Waals surface area contributed by atoms with Gasteiger partial charge in [0, 0.05) is 38.7 Å². The molecule has 2 aromatic rings. The number of hydrogen-bond acceptors (Lipinski definition) is 7. The van der Waals surface area contributed by atoms with Crippen molar-refractivity contribution in [3.05, 3.63) is 47.9 Å². The monoisotopic (exact) mass is 492 g/mol. The molecule has 3 N–H and O–H groups in total. The van der Waals surface area contributed by atoms with Crippen LogP contribution in [0.25, 0.3) is 0 Å². The minimum Gasteiger partial charge on any atom is -0.467 e. The molecule has 35 heavy (non-hydrogen) atoms. The van der Waals surface area contributed by atoms with Crippen LogP contribution in [0.5, 0.6) is 0 Å². The highest BCUT2D eigenvalue weighted by Crippen LogP contribution is 2.31. The summed E-state index contributed by atoms with van der Waals surface area (Å²) in [5.41, 5.74) is 2.72. The zero-order valence-electron chi connectivity index (χ0n) is 19.1. The molecule has 2 fully saturated rings. The van der Waals surface area contributed by atoms with Crippen molar-refractivity contribution >= 4 is 29.4 Å². The van der Waals surface area contributed by atoms with Gasteiger partial charge in [0.1, 0.15) is 17.6 Å².